The first kappa shape index (κ1) is 20.2. The van der Waals surface area contributed by atoms with Gasteiger partial charge in [0.15, 0.2) is 0 Å². The van der Waals surface area contributed by atoms with Crippen molar-refractivity contribution in [1.82, 2.24) is 0 Å². The number of ether oxygens (including phenoxy) is 3. The van der Waals surface area contributed by atoms with Crippen LogP contribution in [-0.4, -0.2) is 80.4 Å². The normalized spacial score (nSPS) is 38.2. The van der Waals surface area contributed by atoms with Crippen molar-refractivity contribution in [1.29, 1.82) is 0 Å². The highest BCUT2D eigenvalue weighted by atomic mass is 31.2. The van der Waals surface area contributed by atoms with E-state index in [0.29, 0.717) is 6.61 Å². The molecule has 26 heavy (non-hydrogen) atoms. The van der Waals surface area contributed by atoms with Crippen LogP contribution in [0.4, 0.5) is 0 Å². The molecule has 2 aliphatic rings. The highest BCUT2D eigenvalue weighted by molar-refractivity contribution is 7.53. The lowest BCUT2D eigenvalue weighted by molar-refractivity contribution is -0.0247. The molecule has 2 N–H and O–H groups in total. The van der Waals surface area contributed by atoms with Gasteiger partial charge in [0.25, 0.3) is 0 Å². The summed E-state index contributed by atoms with van der Waals surface area (Å²) in [6.07, 6.45) is 4.13. The van der Waals surface area contributed by atoms with Crippen LogP contribution in [0.15, 0.2) is 24.3 Å². The standard InChI is InChI=1S/C17H29O8P/c1-3-4-5-6-8-21-16-11-23-14(10-18)17(16)25-26(2,20)24-12-15-13(19)7-9-22-15/h3-6,13-19H,7-12H2,1-2H3/b4-3+,6-5+/t13-,14-,15-,16?,17+,26?/m1/s1/i9T/t9?,13-,14-,15-,16?,17+,26?. The summed E-state index contributed by atoms with van der Waals surface area (Å²) in [4.78, 5) is 0. The predicted octanol–water partition coefficient (Wildman–Crippen LogP) is 1.27. The molecule has 2 heterocycles. The van der Waals surface area contributed by atoms with Crippen molar-refractivity contribution in [3.8, 4) is 0 Å². The Kier molecular flexibility index (Phi) is 8.29. The maximum absolute atomic E-state index is 12.7. The summed E-state index contributed by atoms with van der Waals surface area (Å²) in [5, 5.41) is 19.3. The molecule has 9 heteroatoms. The van der Waals surface area contributed by atoms with Gasteiger partial charge in [-0.05, 0) is 13.3 Å². The van der Waals surface area contributed by atoms with Crippen LogP contribution in [0.1, 0.15) is 14.7 Å². The SMILES string of the molecule is [3H]C1C[C@@H](O)[C@@H](COP(C)(=O)O[C@@H]2C(OC/C=C/C=C/C)CO[C@@H]2CO)O1. The molecule has 2 fully saturated rings. The molecule has 2 saturated heterocycles. The smallest absolute Gasteiger partial charge is 0.328 e. The Morgan fingerprint density at radius 2 is 2.15 bits per heavy atom. The van der Waals surface area contributed by atoms with Gasteiger partial charge in [0.1, 0.15) is 24.4 Å². The molecule has 8 nitrogen and oxygen atoms in total. The van der Waals surface area contributed by atoms with Crippen molar-refractivity contribution in [2.75, 3.05) is 39.7 Å². The Morgan fingerprint density at radius 3 is 2.81 bits per heavy atom. The van der Waals surface area contributed by atoms with Crippen LogP contribution in [0.2, 0.25) is 0 Å². The van der Waals surface area contributed by atoms with Crippen LogP contribution in [0.3, 0.4) is 0 Å². The number of hydrogen-bond acceptors (Lipinski definition) is 8. The van der Waals surface area contributed by atoms with E-state index < -0.39 is 44.7 Å². The van der Waals surface area contributed by atoms with E-state index in [2.05, 4.69) is 0 Å². The molecule has 2 aliphatic heterocycles. The average molecular weight is 394 g/mol. The van der Waals surface area contributed by atoms with Gasteiger partial charge in [-0.15, -0.1) is 0 Å². The van der Waals surface area contributed by atoms with Crippen molar-refractivity contribution in [2.45, 2.75) is 43.9 Å². The molecule has 0 aromatic rings. The summed E-state index contributed by atoms with van der Waals surface area (Å²) in [7, 11) is -3.53. The lowest BCUT2D eigenvalue weighted by atomic mass is 10.1. The predicted molar refractivity (Wildman–Crippen MR) is 95.2 cm³/mol. The molecule has 3 unspecified atom stereocenters. The average Bonchev–Trinajstić information content (AvgIpc) is 3.14. The molecule has 0 bridgehead atoms. The highest BCUT2D eigenvalue weighted by Crippen LogP contribution is 2.47. The molecule has 2 rings (SSSR count). The first-order valence-electron chi connectivity index (χ1n) is 9.22. The molecule has 0 saturated carbocycles. The summed E-state index contributed by atoms with van der Waals surface area (Å²) in [6, 6.07) is 0. The molecule has 150 valence electrons. The largest absolute Gasteiger partial charge is 0.394 e. The lowest BCUT2D eigenvalue weighted by Gasteiger charge is -2.26. The van der Waals surface area contributed by atoms with Gasteiger partial charge in [-0.3, -0.25) is 9.09 Å². The quantitative estimate of drug-likeness (QED) is 0.422. The summed E-state index contributed by atoms with van der Waals surface area (Å²) >= 11 is 0. The molecule has 0 spiro atoms. The van der Waals surface area contributed by atoms with E-state index in [-0.39, 0.29) is 26.2 Å². The maximum Gasteiger partial charge on any atom is 0.328 e. The minimum absolute atomic E-state index is 0.153. The minimum Gasteiger partial charge on any atom is -0.394 e. The molecular weight excluding hydrogens is 363 g/mol. The zero-order valence-corrected chi connectivity index (χ0v) is 16.0. The van der Waals surface area contributed by atoms with Crippen LogP contribution in [0.25, 0.3) is 0 Å². The van der Waals surface area contributed by atoms with E-state index in [1.54, 1.807) is 0 Å². The van der Waals surface area contributed by atoms with Crippen molar-refractivity contribution in [3.05, 3.63) is 24.3 Å². The number of allylic oxidation sites excluding steroid dienone is 3. The molecule has 0 amide bonds. The third kappa shape index (κ3) is 6.55. The lowest BCUT2D eigenvalue weighted by Crippen LogP contribution is -2.36. The van der Waals surface area contributed by atoms with Gasteiger partial charge in [-0.1, -0.05) is 24.3 Å². The number of hydrogen-bond donors (Lipinski definition) is 2. The fourth-order valence-electron chi connectivity index (χ4n) is 2.64. The van der Waals surface area contributed by atoms with Gasteiger partial charge in [0.05, 0.1) is 33.9 Å². The van der Waals surface area contributed by atoms with Crippen molar-refractivity contribution in [3.63, 3.8) is 0 Å². The van der Waals surface area contributed by atoms with Gasteiger partial charge in [-0.25, -0.2) is 0 Å². The number of aliphatic hydroxyl groups excluding tert-OH is 2. The second kappa shape index (κ2) is 10.7. The van der Waals surface area contributed by atoms with Gasteiger partial charge in [-0.2, -0.15) is 0 Å². The Bertz CT molecular complexity index is 557. The Balaban J connectivity index is 1.88. The monoisotopic (exact) mass is 394 g/mol. The second-order valence-corrected chi connectivity index (χ2v) is 8.17. The molecule has 0 aliphatic carbocycles. The Labute approximate surface area is 155 Å². The summed E-state index contributed by atoms with van der Waals surface area (Å²) in [5.74, 6) is 0. The zero-order valence-electron chi connectivity index (χ0n) is 16.1. The van der Waals surface area contributed by atoms with Crippen LogP contribution in [0, 0.1) is 0 Å². The number of rotatable bonds is 10. The highest BCUT2D eigenvalue weighted by Gasteiger charge is 2.42. The first-order valence-corrected chi connectivity index (χ1v) is 10.6. The van der Waals surface area contributed by atoms with Crippen LogP contribution < -0.4 is 0 Å². The van der Waals surface area contributed by atoms with Crippen molar-refractivity contribution >= 4 is 7.60 Å². The van der Waals surface area contributed by atoms with Gasteiger partial charge in [0, 0.05) is 13.2 Å². The third-order valence-corrected chi connectivity index (χ3v) is 5.30. The summed E-state index contributed by atoms with van der Waals surface area (Å²) < 4.78 is 47.5. The van der Waals surface area contributed by atoms with Crippen LogP contribution in [0.5, 0.6) is 0 Å². The summed E-state index contributed by atoms with van der Waals surface area (Å²) in [6.45, 7) is 2.47. The van der Waals surface area contributed by atoms with E-state index >= 15 is 0 Å². The molecule has 0 radical (unpaired) electrons. The van der Waals surface area contributed by atoms with E-state index in [0.717, 1.165) is 0 Å². The zero-order chi connectivity index (χ0) is 19.9. The van der Waals surface area contributed by atoms with E-state index in [1.807, 2.05) is 31.2 Å². The van der Waals surface area contributed by atoms with Gasteiger partial charge < -0.3 is 28.9 Å². The fraction of sp³-hybridized carbons (Fsp3) is 0.765. The van der Waals surface area contributed by atoms with E-state index in [1.165, 1.54) is 6.66 Å². The van der Waals surface area contributed by atoms with Crippen molar-refractivity contribution in [2.24, 2.45) is 0 Å². The fourth-order valence-corrected chi connectivity index (χ4v) is 3.83. The van der Waals surface area contributed by atoms with Crippen molar-refractivity contribution < 1.29 is 39.4 Å². The summed E-state index contributed by atoms with van der Waals surface area (Å²) in [5.41, 5.74) is 0. The Morgan fingerprint density at radius 1 is 1.35 bits per heavy atom. The number of aliphatic hydroxyl groups is 2. The van der Waals surface area contributed by atoms with Crippen LogP contribution in [-0.2, 0) is 27.8 Å². The third-order valence-electron chi connectivity index (χ3n) is 4.06. The molecule has 7 atom stereocenters. The van der Waals surface area contributed by atoms with E-state index in [9.17, 15) is 14.8 Å². The van der Waals surface area contributed by atoms with Gasteiger partial charge in [0.2, 0.25) is 0 Å². The topological polar surface area (TPSA) is 104 Å². The van der Waals surface area contributed by atoms with E-state index in [4.69, 9.17) is 24.6 Å². The maximum atomic E-state index is 12.7. The first-order chi connectivity index (χ1) is 12.9. The molecular formula is C17H29O8P. The van der Waals surface area contributed by atoms with Crippen LogP contribution >= 0.6 is 7.60 Å². The second-order valence-electron chi connectivity index (χ2n) is 6.16. The molecule has 0 aromatic carbocycles. The minimum atomic E-state index is -3.53. The Hall–Kier alpha value is -0.570. The molecule has 0 aromatic heterocycles. The van der Waals surface area contributed by atoms with Gasteiger partial charge >= 0.3 is 7.60 Å².